The van der Waals surface area contributed by atoms with Crippen LogP contribution in [0.3, 0.4) is 0 Å². The lowest BCUT2D eigenvalue weighted by molar-refractivity contribution is -0.144. The molecule has 2 atom stereocenters. The summed E-state index contributed by atoms with van der Waals surface area (Å²) in [5.74, 6) is -0.268. The van der Waals surface area contributed by atoms with Crippen molar-refractivity contribution < 1.29 is 14.7 Å². The summed E-state index contributed by atoms with van der Waals surface area (Å²) in [5, 5.41) is 8.93. The molecule has 0 bridgehead atoms. The Morgan fingerprint density at radius 1 is 1.22 bits per heavy atom. The topological polar surface area (TPSA) is 86.9 Å². The molecule has 3 N–H and O–H groups in total. The molecule has 0 spiro atoms. The highest BCUT2D eigenvalue weighted by molar-refractivity contribution is 5.90. The van der Waals surface area contributed by atoms with Crippen LogP contribution in [-0.4, -0.2) is 65.0 Å². The van der Waals surface area contributed by atoms with E-state index in [1.807, 2.05) is 4.90 Å². The van der Waals surface area contributed by atoms with Crippen LogP contribution in [0, 0.1) is 0 Å². The van der Waals surface area contributed by atoms with E-state index in [1.54, 1.807) is 4.90 Å². The van der Waals surface area contributed by atoms with Gasteiger partial charge in [-0.2, -0.15) is 0 Å². The molecule has 2 rings (SSSR count). The predicted octanol–water partition coefficient (Wildman–Crippen LogP) is -1.08. The number of likely N-dealkylation sites (tertiary alicyclic amines) is 2. The second-order valence-corrected chi connectivity index (χ2v) is 5.01. The summed E-state index contributed by atoms with van der Waals surface area (Å²) in [4.78, 5) is 27.7. The van der Waals surface area contributed by atoms with E-state index in [1.165, 1.54) is 0 Å². The summed E-state index contributed by atoms with van der Waals surface area (Å²) < 4.78 is 0. The molecule has 18 heavy (non-hydrogen) atoms. The first kappa shape index (κ1) is 13.3. The van der Waals surface area contributed by atoms with Crippen molar-refractivity contribution in [3.8, 4) is 0 Å². The van der Waals surface area contributed by atoms with E-state index in [4.69, 9.17) is 10.8 Å². The third kappa shape index (κ3) is 2.49. The number of aliphatic hydroxyl groups excluding tert-OH is 1. The SMILES string of the molecule is N[C@@H](CO)C(=O)N1CCC[C@H]1C(=O)N1CCCC1. The zero-order valence-corrected chi connectivity index (χ0v) is 10.5. The Morgan fingerprint density at radius 3 is 2.50 bits per heavy atom. The van der Waals surface area contributed by atoms with Crippen molar-refractivity contribution >= 4 is 11.8 Å². The van der Waals surface area contributed by atoms with Crippen molar-refractivity contribution in [1.82, 2.24) is 9.80 Å². The number of rotatable bonds is 3. The fourth-order valence-electron chi connectivity index (χ4n) is 2.73. The summed E-state index contributed by atoms with van der Waals surface area (Å²) in [6, 6.07) is -1.27. The van der Waals surface area contributed by atoms with E-state index < -0.39 is 6.04 Å². The van der Waals surface area contributed by atoms with Crippen molar-refractivity contribution in [3.63, 3.8) is 0 Å². The number of aliphatic hydroxyl groups is 1. The lowest BCUT2D eigenvalue weighted by Crippen LogP contribution is -2.52. The lowest BCUT2D eigenvalue weighted by atomic mass is 10.1. The molecule has 2 aliphatic heterocycles. The molecule has 2 saturated heterocycles. The van der Waals surface area contributed by atoms with Gasteiger partial charge in [-0.25, -0.2) is 0 Å². The standard InChI is InChI=1S/C12H21N3O3/c13-9(8-16)11(17)15-7-3-4-10(15)12(18)14-5-1-2-6-14/h9-10,16H,1-8,13H2/t9-,10-/m0/s1. The highest BCUT2D eigenvalue weighted by Crippen LogP contribution is 2.22. The van der Waals surface area contributed by atoms with Crippen molar-refractivity contribution in [2.75, 3.05) is 26.2 Å². The molecule has 2 heterocycles. The van der Waals surface area contributed by atoms with Crippen LogP contribution in [0.1, 0.15) is 25.7 Å². The third-order valence-electron chi connectivity index (χ3n) is 3.75. The molecule has 0 saturated carbocycles. The van der Waals surface area contributed by atoms with Crippen LogP contribution in [0.25, 0.3) is 0 Å². The third-order valence-corrected chi connectivity index (χ3v) is 3.75. The zero-order valence-electron chi connectivity index (χ0n) is 10.5. The molecule has 0 aromatic carbocycles. The monoisotopic (exact) mass is 255 g/mol. The van der Waals surface area contributed by atoms with Gasteiger partial charge in [0.1, 0.15) is 12.1 Å². The molecular formula is C12H21N3O3. The molecule has 0 unspecified atom stereocenters. The molecule has 0 aromatic heterocycles. The van der Waals surface area contributed by atoms with Gasteiger partial charge in [-0.05, 0) is 25.7 Å². The minimum atomic E-state index is -0.906. The van der Waals surface area contributed by atoms with Crippen molar-refractivity contribution in [3.05, 3.63) is 0 Å². The Balaban J connectivity index is 2.02. The van der Waals surface area contributed by atoms with Crippen molar-refractivity contribution in [2.24, 2.45) is 5.73 Å². The van der Waals surface area contributed by atoms with Crippen molar-refractivity contribution in [1.29, 1.82) is 0 Å². The smallest absolute Gasteiger partial charge is 0.245 e. The molecule has 0 aromatic rings. The van der Waals surface area contributed by atoms with Gasteiger partial charge in [0, 0.05) is 19.6 Å². The first-order valence-corrected chi connectivity index (χ1v) is 6.61. The summed E-state index contributed by atoms with van der Waals surface area (Å²) in [5.41, 5.74) is 5.55. The summed E-state index contributed by atoms with van der Waals surface area (Å²) in [7, 11) is 0. The minimum Gasteiger partial charge on any atom is -0.394 e. The second kappa shape index (κ2) is 5.67. The van der Waals surface area contributed by atoms with Gasteiger partial charge in [0.25, 0.3) is 0 Å². The summed E-state index contributed by atoms with van der Waals surface area (Å²) >= 11 is 0. The summed E-state index contributed by atoms with van der Waals surface area (Å²) in [6.07, 6.45) is 3.62. The maximum Gasteiger partial charge on any atom is 0.245 e. The molecule has 0 radical (unpaired) electrons. The second-order valence-electron chi connectivity index (χ2n) is 5.01. The quantitative estimate of drug-likeness (QED) is 0.671. The zero-order chi connectivity index (χ0) is 13.1. The largest absolute Gasteiger partial charge is 0.394 e. The highest BCUT2D eigenvalue weighted by Gasteiger charge is 2.38. The number of carbonyl (C=O) groups is 2. The number of carbonyl (C=O) groups excluding carboxylic acids is 2. The lowest BCUT2D eigenvalue weighted by Gasteiger charge is -2.29. The maximum absolute atomic E-state index is 12.3. The molecule has 2 aliphatic rings. The van der Waals surface area contributed by atoms with Gasteiger partial charge in [-0.1, -0.05) is 0 Å². The van der Waals surface area contributed by atoms with Crippen LogP contribution in [0.15, 0.2) is 0 Å². The number of amides is 2. The van der Waals surface area contributed by atoms with E-state index in [2.05, 4.69) is 0 Å². The van der Waals surface area contributed by atoms with Crippen LogP contribution >= 0.6 is 0 Å². The van der Waals surface area contributed by atoms with E-state index in [-0.39, 0.29) is 24.5 Å². The van der Waals surface area contributed by atoms with E-state index >= 15 is 0 Å². The number of nitrogens with two attached hydrogens (primary N) is 1. The highest BCUT2D eigenvalue weighted by atomic mass is 16.3. The van der Waals surface area contributed by atoms with Crippen LogP contribution in [0.2, 0.25) is 0 Å². The molecule has 6 nitrogen and oxygen atoms in total. The van der Waals surface area contributed by atoms with Crippen LogP contribution in [0.4, 0.5) is 0 Å². The number of hydrogen-bond donors (Lipinski definition) is 2. The summed E-state index contributed by atoms with van der Waals surface area (Å²) in [6.45, 7) is 1.78. The Hall–Kier alpha value is -1.14. The van der Waals surface area contributed by atoms with E-state index in [0.29, 0.717) is 13.0 Å². The van der Waals surface area contributed by atoms with Gasteiger partial charge in [0.15, 0.2) is 0 Å². The number of hydrogen-bond acceptors (Lipinski definition) is 4. The maximum atomic E-state index is 12.3. The van der Waals surface area contributed by atoms with Gasteiger partial charge in [-0.3, -0.25) is 9.59 Å². The first-order valence-electron chi connectivity index (χ1n) is 6.61. The average Bonchev–Trinajstić information content (AvgIpc) is 3.06. The minimum absolute atomic E-state index is 0.0449. The predicted molar refractivity (Wildman–Crippen MR) is 65.6 cm³/mol. The first-order chi connectivity index (χ1) is 8.65. The van der Waals surface area contributed by atoms with Crippen LogP contribution < -0.4 is 5.73 Å². The van der Waals surface area contributed by atoms with E-state index in [0.717, 1.165) is 32.4 Å². The van der Waals surface area contributed by atoms with Gasteiger partial charge < -0.3 is 20.6 Å². The number of nitrogens with zero attached hydrogens (tertiary/aromatic N) is 2. The Kier molecular flexibility index (Phi) is 4.19. The van der Waals surface area contributed by atoms with Gasteiger partial charge in [0.2, 0.25) is 11.8 Å². The molecular weight excluding hydrogens is 234 g/mol. The van der Waals surface area contributed by atoms with Gasteiger partial charge in [0.05, 0.1) is 6.61 Å². The Morgan fingerprint density at radius 2 is 1.89 bits per heavy atom. The molecule has 2 fully saturated rings. The van der Waals surface area contributed by atoms with Crippen LogP contribution in [-0.2, 0) is 9.59 Å². The Labute approximate surface area is 107 Å². The molecule has 6 heteroatoms. The van der Waals surface area contributed by atoms with Gasteiger partial charge in [-0.15, -0.1) is 0 Å². The van der Waals surface area contributed by atoms with Crippen LogP contribution in [0.5, 0.6) is 0 Å². The Bertz CT molecular complexity index is 329. The molecule has 102 valence electrons. The molecule has 2 amide bonds. The molecule has 0 aliphatic carbocycles. The van der Waals surface area contributed by atoms with E-state index in [9.17, 15) is 9.59 Å². The normalized spacial score (nSPS) is 25.6. The van der Waals surface area contributed by atoms with Crippen molar-refractivity contribution in [2.45, 2.75) is 37.8 Å². The average molecular weight is 255 g/mol. The van der Waals surface area contributed by atoms with Gasteiger partial charge >= 0.3 is 0 Å². The fourth-order valence-corrected chi connectivity index (χ4v) is 2.73. The fraction of sp³-hybridized carbons (Fsp3) is 0.833.